The summed E-state index contributed by atoms with van der Waals surface area (Å²) in [4.78, 5) is 13.0. The molecule has 2 aromatic carbocycles. The zero-order valence-corrected chi connectivity index (χ0v) is 16.7. The summed E-state index contributed by atoms with van der Waals surface area (Å²) >= 11 is -0.399. The van der Waals surface area contributed by atoms with Crippen LogP contribution >= 0.6 is 0 Å². The fraction of sp³-hybridized carbons (Fsp3) is 0.158. The van der Waals surface area contributed by atoms with Gasteiger partial charge in [0.1, 0.15) is 0 Å². The second kappa shape index (κ2) is 7.55. The van der Waals surface area contributed by atoms with Crippen molar-refractivity contribution in [1.82, 2.24) is 15.0 Å². The van der Waals surface area contributed by atoms with Crippen molar-refractivity contribution < 1.29 is 0 Å². The number of aromatic nitrogens is 3. The van der Waals surface area contributed by atoms with Crippen LogP contribution in [0, 0.1) is 32.1 Å². The molecule has 129 valence electrons. The molecule has 0 aliphatic heterocycles. The Morgan fingerprint density at radius 3 is 2.27 bits per heavy atom. The predicted molar refractivity (Wildman–Crippen MR) is 104 cm³/mol. The van der Waals surface area contributed by atoms with Crippen LogP contribution in [0.1, 0.15) is 22.3 Å². The molecular weight excluding hydrogens is 387 g/mol. The second-order valence-electron chi connectivity index (χ2n) is 5.99. The van der Waals surface area contributed by atoms with E-state index in [1.165, 1.54) is 21.0 Å². The molecule has 3 N–H and O–H groups in total. The summed E-state index contributed by atoms with van der Waals surface area (Å²) in [6, 6.07) is 13.5. The molecule has 1 heterocycles. The molecule has 1 radical (unpaired) electrons. The van der Waals surface area contributed by atoms with Crippen molar-refractivity contribution in [3.8, 4) is 6.07 Å². The van der Waals surface area contributed by atoms with Crippen molar-refractivity contribution in [1.29, 1.82) is 5.26 Å². The molecule has 0 aliphatic rings. The molecule has 0 bridgehead atoms. The van der Waals surface area contributed by atoms with Crippen molar-refractivity contribution in [2.45, 2.75) is 20.8 Å². The Morgan fingerprint density at radius 1 is 1.00 bits per heavy atom. The quantitative estimate of drug-likeness (QED) is 0.641. The zero-order valence-electron chi connectivity index (χ0n) is 14.8. The number of nitrogen functional groups attached to an aromatic ring is 1. The number of hydrogen-bond donors (Lipinski definition) is 2. The third kappa shape index (κ3) is 4.19. The molecule has 26 heavy (non-hydrogen) atoms. The van der Waals surface area contributed by atoms with Crippen molar-refractivity contribution >= 4 is 42.3 Å². The maximum atomic E-state index is 8.88. The van der Waals surface area contributed by atoms with Gasteiger partial charge in [0, 0.05) is 0 Å². The predicted octanol–water partition coefficient (Wildman–Crippen LogP) is 1.65. The minimum absolute atomic E-state index is 0.198. The van der Waals surface area contributed by atoms with Crippen LogP contribution in [0.5, 0.6) is 0 Å². The molecule has 0 saturated heterocycles. The molecular formula is C19H18AsN6. The Labute approximate surface area is 159 Å². The average molecular weight is 405 g/mol. The normalized spacial score (nSPS) is 10.8. The van der Waals surface area contributed by atoms with Gasteiger partial charge in [0.05, 0.1) is 0 Å². The number of anilines is 3. The summed E-state index contributed by atoms with van der Waals surface area (Å²) in [6.45, 7) is 6.33. The van der Waals surface area contributed by atoms with E-state index in [2.05, 4.69) is 59.2 Å². The van der Waals surface area contributed by atoms with E-state index in [9.17, 15) is 0 Å². The molecule has 1 aromatic heterocycles. The van der Waals surface area contributed by atoms with E-state index in [4.69, 9.17) is 11.0 Å². The number of aryl methyl sites for hydroxylation is 3. The van der Waals surface area contributed by atoms with Crippen LogP contribution in [-0.4, -0.2) is 30.7 Å². The van der Waals surface area contributed by atoms with Crippen LogP contribution in [0.3, 0.4) is 0 Å². The van der Waals surface area contributed by atoms with E-state index in [1.54, 1.807) is 24.3 Å². The molecule has 0 unspecified atom stereocenters. The molecule has 0 amide bonds. The Kier molecular flexibility index (Phi) is 5.20. The summed E-state index contributed by atoms with van der Waals surface area (Å²) in [7, 11) is 0. The van der Waals surface area contributed by atoms with Crippen LogP contribution in [0.4, 0.5) is 17.6 Å². The number of benzene rings is 2. The molecule has 0 fully saturated rings. The summed E-state index contributed by atoms with van der Waals surface area (Å²) in [6.07, 6.45) is 0. The van der Waals surface area contributed by atoms with Gasteiger partial charge < -0.3 is 0 Å². The first-order valence-corrected chi connectivity index (χ1v) is 9.90. The van der Waals surface area contributed by atoms with Crippen LogP contribution < -0.4 is 20.0 Å². The summed E-state index contributed by atoms with van der Waals surface area (Å²) in [5.74, 6) is 0.610. The van der Waals surface area contributed by atoms with Gasteiger partial charge in [-0.25, -0.2) is 0 Å². The maximum absolute atomic E-state index is 8.88. The monoisotopic (exact) mass is 405 g/mol. The Bertz CT molecular complexity index is 969. The first-order valence-electron chi connectivity index (χ1n) is 8.03. The van der Waals surface area contributed by atoms with Crippen molar-refractivity contribution in [3.05, 3.63) is 58.7 Å². The Morgan fingerprint density at radius 2 is 1.65 bits per heavy atom. The fourth-order valence-electron chi connectivity index (χ4n) is 2.69. The van der Waals surface area contributed by atoms with Gasteiger partial charge in [-0.15, -0.1) is 0 Å². The van der Waals surface area contributed by atoms with Crippen molar-refractivity contribution in [3.63, 3.8) is 0 Å². The minimum atomic E-state index is -0.399. The van der Waals surface area contributed by atoms with Gasteiger partial charge in [0.15, 0.2) is 0 Å². The van der Waals surface area contributed by atoms with E-state index in [0.717, 1.165) is 5.69 Å². The number of nitrogens with one attached hydrogen (secondary N) is 1. The molecule has 3 aromatic rings. The number of nitrogens with two attached hydrogens (primary N) is 1. The van der Waals surface area contributed by atoms with Crippen molar-refractivity contribution in [2.24, 2.45) is 0 Å². The third-order valence-electron chi connectivity index (χ3n) is 3.76. The SMILES string of the molecule is Cc1cc(C)c([As]c2nc(N)nc(Nc3ccc(C#N)cc3)n2)c(C)c1. The number of nitrogens with zero attached hydrogens (tertiary/aromatic N) is 4. The second-order valence-corrected chi connectivity index (χ2v) is 8.24. The van der Waals surface area contributed by atoms with E-state index in [-0.39, 0.29) is 5.95 Å². The van der Waals surface area contributed by atoms with Crippen molar-refractivity contribution in [2.75, 3.05) is 11.1 Å². The average Bonchev–Trinajstić information content (AvgIpc) is 2.58. The molecule has 7 heteroatoms. The van der Waals surface area contributed by atoms with Gasteiger partial charge in [-0.2, -0.15) is 0 Å². The molecule has 3 rings (SSSR count). The molecule has 0 spiro atoms. The molecule has 0 saturated carbocycles. The van der Waals surface area contributed by atoms with Gasteiger partial charge >= 0.3 is 159 Å². The topological polar surface area (TPSA) is 101 Å². The van der Waals surface area contributed by atoms with E-state index >= 15 is 0 Å². The van der Waals surface area contributed by atoms with Crippen LogP contribution in [0.2, 0.25) is 0 Å². The van der Waals surface area contributed by atoms with Gasteiger partial charge in [-0.05, 0) is 0 Å². The van der Waals surface area contributed by atoms with Crippen LogP contribution in [0.15, 0.2) is 36.4 Å². The molecule has 6 nitrogen and oxygen atoms in total. The molecule has 0 atom stereocenters. The Hall–Kier alpha value is -2.90. The molecule has 0 aliphatic carbocycles. The third-order valence-corrected chi connectivity index (χ3v) is 6.55. The standard InChI is InChI=1S/C19H18AsN6/c1-11-8-12(2)16(13(3)9-11)20-17-24-18(22)26-19(25-17)23-15-6-4-14(10-21)5-7-15/h4-9H,1-3H3,(H3,22,23,24,25,26). The van der Waals surface area contributed by atoms with Gasteiger partial charge in [0.2, 0.25) is 0 Å². The van der Waals surface area contributed by atoms with Gasteiger partial charge in [-0.3, -0.25) is 0 Å². The first kappa shape index (κ1) is 17.9. The van der Waals surface area contributed by atoms with E-state index < -0.39 is 15.8 Å². The summed E-state index contributed by atoms with van der Waals surface area (Å²) < 4.78 is 2.00. The van der Waals surface area contributed by atoms with Crippen LogP contribution in [0.25, 0.3) is 0 Å². The zero-order chi connectivity index (χ0) is 18.7. The van der Waals surface area contributed by atoms with E-state index in [1.807, 2.05) is 0 Å². The number of rotatable bonds is 4. The van der Waals surface area contributed by atoms with Crippen LogP contribution in [-0.2, 0) is 0 Å². The first-order chi connectivity index (χ1) is 12.4. The van der Waals surface area contributed by atoms with Gasteiger partial charge in [-0.1, -0.05) is 0 Å². The Balaban J connectivity index is 1.87. The summed E-state index contributed by atoms with van der Waals surface area (Å²) in [5.41, 5.74) is 11.0. The van der Waals surface area contributed by atoms with E-state index in [0.29, 0.717) is 16.1 Å². The fourth-order valence-corrected chi connectivity index (χ4v) is 4.75. The number of hydrogen-bond acceptors (Lipinski definition) is 6. The number of nitriles is 1. The van der Waals surface area contributed by atoms with Gasteiger partial charge in [0.25, 0.3) is 0 Å². The summed E-state index contributed by atoms with van der Waals surface area (Å²) in [5, 5.41) is 12.0.